The van der Waals surface area contributed by atoms with Crippen molar-refractivity contribution in [2.24, 2.45) is 11.1 Å². The van der Waals surface area contributed by atoms with Gasteiger partial charge in [-0.2, -0.15) is 5.26 Å². The molecule has 3 aromatic carbocycles. The van der Waals surface area contributed by atoms with E-state index in [4.69, 9.17) is 5.14 Å². The number of piperazine rings is 1. The third kappa shape index (κ3) is 6.70. The van der Waals surface area contributed by atoms with E-state index >= 15 is 0 Å². The van der Waals surface area contributed by atoms with Gasteiger partial charge in [-0.05, 0) is 67.6 Å². The number of aryl methyl sites for hydroxylation is 2. The Morgan fingerprint density at radius 1 is 1.00 bits per heavy atom. The fourth-order valence-electron chi connectivity index (χ4n) is 6.87. The Hall–Kier alpha value is -4.33. The molecule has 2 heterocycles. The summed E-state index contributed by atoms with van der Waals surface area (Å²) in [6.07, 6.45) is 2.83. The molecular weight excluding hydrogens is 584 g/mol. The molecule has 0 bridgehead atoms. The molecule has 0 spiro atoms. The van der Waals surface area contributed by atoms with Crippen molar-refractivity contribution < 1.29 is 13.2 Å². The first-order valence-corrected chi connectivity index (χ1v) is 17.0. The topological polar surface area (TPSA) is 114 Å². The monoisotopic (exact) mass is 626 g/mol. The molecule has 2 aliphatic rings. The maximum atomic E-state index is 14.0. The molecule has 3 aromatic rings. The van der Waals surface area contributed by atoms with Gasteiger partial charge in [0.15, 0.2) is 0 Å². The summed E-state index contributed by atoms with van der Waals surface area (Å²) in [5.74, 6) is 0.279. The zero-order valence-corrected chi connectivity index (χ0v) is 27.1. The van der Waals surface area contributed by atoms with E-state index in [2.05, 4.69) is 42.4 Å². The molecule has 1 amide bonds. The predicted molar refractivity (Wildman–Crippen MR) is 180 cm³/mol. The number of hydrogen-bond acceptors (Lipinski definition) is 7. The number of benzene rings is 3. The number of nitriles is 1. The van der Waals surface area contributed by atoms with Crippen molar-refractivity contribution in [3.05, 3.63) is 95.6 Å². The summed E-state index contributed by atoms with van der Waals surface area (Å²) in [5, 5.41) is 15.1. The van der Waals surface area contributed by atoms with Crippen LogP contribution in [0.1, 0.15) is 40.4 Å². The molecule has 5 rings (SSSR count). The van der Waals surface area contributed by atoms with E-state index in [9.17, 15) is 18.5 Å². The zero-order chi connectivity index (χ0) is 32.3. The lowest BCUT2D eigenvalue weighted by Gasteiger charge is -2.45. The van der Waals surface area contributed by atoms with Gasteiger partial charge in [0.05, 0.1) is 16.9 Å². The van der Waals surface area contributed by atoms with E-state index in [0.29, 0.717) is 55.5 Å². The smallest absolute Gasteiger partial charge is 0.254 e. The minimum atomic E-state index is -3.87. The van der Waals surface area contributed by atoms with Gasteiger partial charge in [0, 0.05) is 63.1 Å². The Balaban J connectivity index is 1.35. The number of sulfonamides is 1. The van der Waals surface area contributed by atoms with Gasteiger partial charge in [0.2, 0.25) is 10.0 Å². The van der Waals surface area contributed by atoms with Crippen molar-refractivity contribution in [3.63, 3.8) is 0 Å². The lowest BCUT2D eigenvalue weighted by molar-refractivity contribution is 0.0746. The standard InChI is InChI=1S/C35H42N6O3S/c1-5-15-41(30-14-16-40(24-27(30)4)31-11-7-6-10-28(31)23-36)33-22-29(25(2)21-26(33)3)35(42)39-19-17-38(18-20-39)32-12-8-9-13-34(32)45(37,43)44/h5-13,21-22,27,30H,1,14-20,24H2,2-4H3,(H2,37,43,44). The third-order valence-electron chi connectivity index (χ3n) is 9.11. The molecule has 2 saturated heterocycles. The largest absolute Gasteiger partial charge is 0.370 e. The number of anilines is 3. The summed E-state index contributed by atoms with van der Waals surface area (Å²) in [4.78, 5) is 22.6. The summed E-state index contributed by atoms with van der Waals surface area (Å²) in [6, 6.07) is 21.2. The number of primary sulfonamides is 1. The molecule has 2 atom stereocenters. The second kappa shape index (κ2) is 13.3. The van der Waals surface area contributed by atoms with Crippen molar-refractivity contribution in [1.29, 1.82) is 5.26 Å². The number of carbonyl (C=O) groups is 1. The average molecular weight is 627 g/mol. The van der Waals surface area contributed by atoms with Gasteiger partial charge < -0.3 is 19.6 Å². The maximum Gasteiger partial charge on any atom is 0.254 e. The van der Waals surface area contributed by atoms with Crippen molar-refractivity contribution >= 4 is 33.0 Å². The SMILES string of the molecule is C=CCN(c1cc(C(=O)N2CCN(c3ccccc3S(N)(=O)=O)CC2)c(C)cc1C)C1CCN(c2ccccc2C#N)CC1C. The minimum Gasteiger partial charge on any atom is -0.370 e. The Morgan fingerprint density at radius 3 is 2.31 bits per heavy atom. The highest BCUT2D eigenvalue weighted by atomic mass is 32.2. The Labute approximate surface area is 267 Å². The third-order valence-corrected chi connectivity index (χ3v) is 10.1. The van der Waals surface area contributed by atoms with Crippen LogP contribution in [0.15, 0.2) is 78.2 Å². The molecule has 2 N–H and O–H groups in total. The average Bonchev–Trinajstić information content (AvgIpc) is 3.03. The van der Waals surface area contributed by atoms with E-state index in [1.165, 1.54) is 6.07 Å². The number of nitrogens with two attached hydrogens (primary N) is 1. The van der Waals surface area contributed by atoms with Crippen LogP contribution < -0.4 is 19.8 Å². The van der Waals surface area contributed by atoms with E-state index in [1.807, 2.05) is 53.1 Å². The molecule has 0 saturated carbocycles. The Morgan fingerprint density at radius 2 is 1.67 bits per heavy atom. The van der Waals surface area contributed by atoms with Crippen LogP contribution in [-0.4, -0.2) is 71.1 Å². The molecule has 9 nitrogen and oxygen atoms in total. The van der Waals surface area contributed by atoms with E-state index < -0.39 is 10.0 Å². The first kappa shape index (κ1) is 32.1. The van der Waals surface area contributed by atoms with E-state index in [1.54, 1.807) is 18.2 Å². The van der Waals surface area contributed by atoms with E-state index in [-0.39, 0.29) is 16.8 Å². The summed E-state index contributed by atoms with van der Waals surface area (Å²) in [5.41, 5.74) is 5.99. The second-order valence-electron chi connectivity index (χ2n) is 12.1. The first-order valence-electron chi connectivity index (χ1n) is 15.4. The molecule has 2 aliphatic heterocycles. The molecule has 45 heavy (non-hydrogen) atoms. The van der Waals surface area contributed by atoms with Crippen LogP contribution in [-0.2, 0) is 10.0 Å². The van der Waals surface area contributed by atoms with Crippen molar-refractivity contribution in [1.82, 2.24) is 4.90 Å². The molecule has 2 fully saturated rings. The van der Waals surface area contributed by atoms with Crippen molar-refractivity contribution in [2.75, 3.05) is 60.5 Å². The number of para-hydroxylation sites is 2. The molecule has 236 valence electrons. The zero-order valence-electron chi connectivity index (χ0n) is 26.3. The molecule has 0 aliphatic carbocycles. The number of hydrogen-bond donors (Lipinski definition) is 1. The van der Waals surface area contributed by atoms with Crippen LogP contribution in [0.2, 0.25) is 0 Å². The first-order chi connectivity index (χ1) is 21.5. The summed E-state index contributed by atoms with van der Waals surface area (Å²) < 4.78 is 24.3. The molecule has 0 aromatic heterocycles. The second-order valence-corrected chi connectivity index (χ2v) is 13.6. The molecule has 10 heteroatoms. The fourth-order valence-corrected chi connectivity index (χ4v) is 7.63. The highest BCUT2D eigenvalue weighted by molar-refractivity contribution is 7.89. The van der Waals surface area contributed by atoms with Crippen LogP contribution >= 0.6 is 0 Å². The lowest BCUT2D eigenvalue weighted by atomic mass is 9.90. The van der Waals surface area contributed by atoms with Crippen LogP contribution in [0.25, 0.3) is 0 Å². The van der Waals surface area contributed by atoms with Crippen molar-refractivity contribution in [2.45, 2.75) is 38.1 Å². The Bertz CT molecular complexity index is 1730. The van der Waals surface area contributed by atoms with Crippen LogP contribution in [0, 0.1) is 31.1 Å². The highest BCUT2D eigenvalue weighted by Crippen LogP contribution is 2.34. The normalized spacial score (nSPS) is 18.8. The fraction of sp³-hybridized carbons (Fsp3) is 0.371. The van der Waals surface area contributed by atoms with Gasteiger partial charge in [-0.15, -0.1) is 6.58 Å². The summed E-state index contributed by atoms with van der Waals surface area (Å²) in [6.45, 7) is 14.6. The molecular formula is C35H42N6O3S. The van der Waals surface area contributed by atoms with Crippen LogP contribution in [0.3, 0.4) is 0 Å². The number of nitrogens with zero attached hydrogens (tertiary/aromatic N) is 5. The van der Waals surface area contributed by atoms with Gasteiger partial charge in [-0.3, -0.25) is 4.79 Å². The number of amides is 1. The van der Waals surface area contributed by atoms with Gasteiger partial charge in [0.1, 0.15) is 11.0 Å². The number of rotatable bonds is 8. The highest BCUT2D eigenvalue weighted by Gasteiger charge is 2.33. The predicted octanol–water partition coefficient (Wildman–Crippen LogP) is 4.69. The minimum absolute atomic E-state index is 0.0253. The van der Waals surface area contributed by atoms with Crippen LogP contribution in [0.4, 0.5) is 17.1 Å². The van der Waals surface area contributed by atoms with Gasteiger partial charge in [-0.1, -0.05) is 43.3 Å². The quantitative estimate of drug-likeness (QED) is 0.361. The maximum absolute atomic E-state index is 14.0. The van der Waals surface area contributed by atoms with Gasteiger partial charge in [0.25, 0.3) is 5.91 Å². The summed E-state index contributed by atoms with van der Waals surface area (Å²) in [7, 11) is -3.87. The molecule has 2 unspecified atom stereocenters. The van der Waals surface area contributed by atoms with E-state index in [0.717, 1.165) is 42.0 Å². The number of piperidine rings is 1. The molecule has 0 radical (unpaired) electrons. The lowest BCUT2D eigenvalue weighted by Crippen LogP contribution is -2.51. The van der Waals surface area contributed by atoms with Crippen LogP contribution in [0.5, 0.6) is 0 Å². The van der Waals surface area contributed by atoms with Gasteiger partial charge >= 0.3 is 0 Å². The number of carbonyl (C=O) groups excluding carboxylic acids is 1. The van der Waals surface area contributed by atoms with Crippen molar-refractivity contribution in [3.8, 4) is 6.07 Å². The van der Waals surface area contributed by atoms with Gasteiger partial charge in [-0.25, -0.2) is 13.6 Å². The Kier molecular flexibility index (Phi) is 9.51. The summed E-state index contributed by atoms with van der Waals surface area (Å²) >= 11 is 0.